The molecule has 1 aliphatic heterocycles. The lowest BCUT2D eigenvalue weighted by Gasteiger charge is -2.28. The average molecular weight is 847 g/mol. The van der Waals surface area contributed by atoms with Crippen molar-refractivity contribution < 1.29 is 44.6 Å². The van der Waals surface area contributed by atoms with Crippen LogP contribution in [0.1, 0.15) is 99.6 Å². The van der Waals surface area contributed by atoms with Crippen LogP contribution < -0.4 is 15.4 Å². The van der Waals surface area contributed by atoms with E-state index in [0.29, 0.717) is 66.3 Å². The first-order chi connectivity index (χ1) is 28.5. The topological polar surface area (TPSA) is 178 Å². The van der Waals surface area contributed by atoms with Crippen molar-refractivity contribution in [3.63, 3.8) is 0 Å². The van der Waals surface area contributed by atoms with E-state index in [9.17, 15) is 35.1 Å². The number of rotatable bonds is 13. The van der Waals surface area contributed by atoms with Crippen molar-refractivity contribution in [3.05, 3.63) is 82.9 Å². The van der Waals surface area contributed by atoms with E-state index >= 15 is 0 Å². The predicted octanol–water partition coefficient (Wildman–Crippen LogP) is 8.11. The van der Waals surface area contributed by atoms with Crippen LogP contribution in [0, 0.1) is 0 Å². The first-order valence-electron chi connectivity index (χ1n) is 20.6. The van der Waals surface area contributed by atoms with E-state index in [-0.39, 0.29) is 49.1 Å². The van der Waals surface area contributed by atoms with Crippen LogP contribution in [0.3, 0.4) is 0 Å². The first-order valence-corrected chi connectivity index (χ1v) is 23.1. The van der Waals surface area contributed by atoms with Gasteiger partial charge in [-0.25, -0.2) is 0 Å². The van der Waals surface area contributed by atoms with Crippen LogP contribution in [0.5, 0.6) is 17.2 Å². The number of aliphatic hydroxyl groups is 3. The second kappa shape index (κ2) is 21.1. The van der Waals surface area contributed by atoms with Crippen LogP contribution in [0.4, 0.5) is 5.69 Å². The Morgan fingerprint density at radius 1 is 1.00 bits per heavy atom. The van der Waals surface area contributed by atoms with Gasteiger partial charge in [-0.15, -0.1) is 0 Å². The highest BCUT2D eigenvalue weighted by atomic mass is 33.1. The fourth-order valence-corrected chi connectivity index (χ4v) is 10.6. The number of methoxy groups -OCH3 is 1. The molecule has 0 amide bonds. The molecular weight excluding hydrogens is 789 g/mol. The molecule has 0 aromatic heterocycles. The summed E-state index contributed by atoms with van der Waals surface area (Å²) >= 11 is 0. The molecule has 3 atom stereocenters. The van der Waals surface area contributed by atoms with E-state index in [2.05, 4.69) is 10.6 Å². The van der Waals surface area contributed by atoms with Gasteiger partial charge in [0, 0.05) is 41.2 Å². The van der Waals surface area contributed by atoms with Gasteiger partial charge in [-0.1, -0.05) is 64.8 Å². The Labute approximate surface area is 354 Å². The molecule has 11 nitrogen and oxygen atoms in total. The summed E-state index contributed by atoms with van der Waals surface area (Å²) in [6.45, 7) is 1.91. The molecule has 7 N–H and O–H groups in total. The summed E-state index contributed by atoms with van der Waals surface area (Å²) in [6.07, 6.45) is 4.66. The molecule has 4 aromatic carbocycles. The first kappa shape index (κ1) is 44.7. The molecule has 2 aliphatic rings. The third kappa shape index (κ3) is 11.9. The number of anilines is 1. The summed E-state index contributed by atoms with van der Waals surface area (Å²) < 4.78 is 12.6. The van der Waals surface area contributed by atoms with Gasteiger partial charge >= 0.3 is 0 Å². The molecule has 0 bridgehead atoms. The van der Waals surface area contributed by atoms with Crippen LogP contribution in [-0.4, -0.2) is 80.9 Å². The SMILES string of the molecule is COc1c(O)ccc2c1-c1ccc3ccc(O)cc3c1CSSCC(O)CCC(OC(NCCCC1(O)CCCC1)c1ccc(NCC(C)=O)c(CO)c1)CC(=O)CC2. The van der Waals surface area contributed by atoms with Gasteiger partial charge in [-0.3, -0.25) is 14.9 Å². The number of hydrogen-bond donors (Lipinski definition) is 7. The minimum absolute atomic E-state index is 0.0180. The molecule has 6 rings (SSSR count). The molecule has 0 saturated heterocycles. The number of ketones is 2. The number of aliphatic hydroxyl groups excluding tert-OH is 2. The second-order valence-electron chi connectivity index (χ2n) is 15.9. The highest BCUT2D eigenvalue weighted by Gasteiger charge is 2.31. The molecule has 4 aromatic rings. The van der Waals surface area contributed by atoms with Crippen LogP contribution >= 0.6 is 21.6 Å². The Hall–Kier alpha value is -3.82. The van der Waals surface area contributed by atoms with Gasteiger partial charge in [-0.2, -0.15) is 0 Å². The molecule has 0 radical (unpaired) electrons. The largest absolute Gasteiger partial charge is 0.508 e. The van der Waals surface area contributed by atoms with Gasteiger partial charge in [0.1, 0.15) is 23.5 Å². The van der Waals surface area contributed by atoms with Crippen molar-refractivity contribution in [1.29, 1.82) is 0 Å². The molecule has 1 heterocycles. The highest BCUT2D eigenvalue weighted by Crippen LogP contribution is 2.46. The highest BCUT2D eigenvalue weighted by molar-refractivity contribution is 8.76. The number of carbonyl (C=O) groups is 2. The van der Waals surface area contributed by atoms with Gasteiger partial charge in [0.25, 0.3) is 0 Å². The summed E-state index contributed by atoms with van der Waals surface area (Å²) in [5, 5.41) is 62.4. The normalized spacial score (nSPS) is 19.5. The predicted molar refractivity (Wildman–Crippen MR) is 236 cm³/mol. The summed E-state index contributed by atoms with van der Waals surface area (Å²) in [6, 6.07) is 18.2. The van der Waals surface area contributed by atoms with E-state index in [4.69, 9.17) is 9.47 Å². The summed E-state index contributed by atoms with van der Waals surface area (Å²) in [5.74, 6) is 1.36. The third-order valence-corrected chi connectivity index (χ3v) is 13.8. The molecule has 318 valence electrons. The van der Waals surface area contributed by atoms with E-state index in [1.54, 1.807) is 39.8 Å². The Morgan fingerprint density at radius 2 is 1.80 bits per heavy atom. The summed E-state index contributed by atoms with van der Waals surface area (Å²) in [5.41, 5.74) is 4.66. The standard InChI is InChI=1S/C46H58N2O9S2/c1-29(50)25-48-41-16-9-32(22-33(41)26-49)45(47-21-5-20-46(55)18-3-4-19-46)57-37-14-13-36(53)27-58-59-28-40-38(15-8-30-6-11-35(52)24-39(30)40)43-31(7-12-34(51)23-37)10-17-42(54)44(43)56-2/h6,8-11,15-17,22,24,36-37,45,47-49,52-55H,3-5,7,12-14,18-21,23,25-28H2,1-2H3. The van der Waals surface area contributed by atoms with Crippen LogP contribution in [0.25, 0.3) is 21.9 Å². The van der Waals surface area contributed by atoms with Gasteiger partial charge < -0.3 is 40.3 Å². The van der Waals surface area contributed by atoms with Crippen LogP contribution in [-0.2, 0) is 33.1 Å². The maximum atomic E-state index is 14.0. The number of hydrogen-bond acceptors (Lipinski definition) is 13. The molecule has 59 heavy (non-hydrogen) atoms. The number of fused-ring (bicyclic) bond motifs is 5. The summed E-state index contributed by atoms with van der Waals surface area (Å²) in [4.78, 5) is 25.7. The van der Waals surface area contributed by atoms with Crippen molar-refractivity contribution in [2.45, 2.75) is 114 Å². The van der Waals surface area contributed by atoms with Crippen molar-refractivity contribution in [2.24, 2.45) is 0 Å². The smallest absolute Gasteiger partial charge is 0.168 e. The minimum Gasteiger partial charge on any atom is -0.508 e. The molecule has 3 unspecified atom stereocenters. The second-order valence-corrected chi connectivity index (χ2v) is 18.4. The minimum atomic E-state index is -0.665. The molecule has 0 spiro atoms. The summed E-state index contributed by atoms with van der Waals surface area (Å²) in [7, 11) is 4.66. The third-order valence-electron chi connectivity index (χ3n) is 11.5. The maximum absolute atomic E-state index is 14.0. The van der Waals surface area contributed by atoms with E-state index in [1.165, 1.54) is 14.0 Å². The Kier molecular flexibility index (Phi) is 16.0. The van der Waals surface area contributed by atoms with Gasteiger partial charge in [0.15, 0.2) is 11.5 Å². The van der Waals surface area contributed by atoms with Gasteiger partial charge in [0.2, 0.25) is 0 Å². The molecule has 13 heteroatoms. The number of nitrogens with one attached hydrogen (secondary N) is 2. The number of benzene rings is 4. The number of aryl methyl sites for hydroxylation is 1. The number of carbonyl (C=O) groups excluding carboxylic acids is 2. The lowest BCUT2D eigenvalue weighted by Crippen LogP contribution is -2.32. The van der Waals surface area contributed by atoms with E-state index in [0.717, 1.165) is 65.1 Å². The zero-order valence-electron chi connectivity index (χ0n) is 34.0. The zero-order valence-corrected chi connectivity index (χ0v) is 35.6. The molecule has 1 saturated carbocycles. The van der Waals surface area contributed by atoms with Crippen molar-refractivity contribution in [2.75, 3.05) is 31.3 Å². The zero-order chi connectivity index (χ0) is 41.9. The molecular formula is C46H58N2O9S2. The van der Waals surface area contributed by atoms with Crippen molar-refractivity contribution >= 4 is 49.6 Å². The number of ether oxygens (including phenoxy) is 2. The van der Waals surface area contributed by atoms with Crippen LogP contribution in [0.15, 0.2) is 60.7 Å². The number of Topliss-reactive ketones (excluding diaryl/α,β-unsaturated/α-hetero) is 2. The maximum Gasteiger partial charge on any atom is 0.168 e. The van der Waals surface area contributed by atoms with E-state index < -0.39 is 24.0 Å². The lowest BCUT2D eigenvalue weighted by atomic mass is 9.89. The Balaban J connectivity index is 1.28. The fourth-order valence-electron chi connectivity index (χ4n) is 8.29. The van der Waals surface area contributed by atoms with Crippen molar-refractivity contribution in [1.82, 2.24) is 5.32 Å². The monoisotopic (exact) mass is 846 g/mol. The number of phenolic OH excluding ortho intramolecular Hbond substituents is 2. The average Bonchev–Trinajstić information content (AvgIpc) is 3.66. The quantitative estimate of drug-likeness (QED) is 0.0391. The van der Waals surface area contributed by atoms with Crippen molar-refractivity contribution in [3.8, 4) is 28.4 Å². The Bertz CT molecular complexity index is 2070. The fraction of sp³-hybridized carbons (Fsp3) is 0.478. The van der Waals surface area contributed by atoms with Crippen LogP contribution in [0.2, 0.25) is 0 Å². The van der Waals surface area contributed by atoms with Gasteiger partial charge in [-0.05, 0) is 122 Å². The molecule has 1 fully saturated rings. The van der Waals surface area contributed by atoms with Gasteiger partial charge in [0.05, 0.1) is 38.1 Å². The Morgan fingerprint density at radius 3 is 2.56 bits per heavy atom. The van der Waals surface area contributed by atoms with E-state index in [1.807, 2.05) is 42.5 Å². The lowest BCUT2D eigenvalue weighted by molar-refractivity contribution is -0.124. The molecule has 1 aliphatic carbocycles. The number of phenols is 2. The number of aromatic hydroxyl groups is 2.